The number of aromatic nitrogens is 2. The summed E-state index contributed by atoms with van der Waals surface area (Å²) in [7, 11) is 1.87. The van der Waals surface area contributed by atoms with Gasteiger partial charge in [-0.1, -0.05) is 35.9 Å². The Morgan fingerprint density at radius 3 is 2.42 bits per heavy atom. The number of ether oxygens (including phenoxy) is 1. The lowest BCUT2D eigenvalue weighted by molar-refractivity contribution is -0.0705. The Hall–Kier alpha value is -1.40. The van der Waals surface area contributed by atoms with Gasteiger partial charge in [-0.3, -0.25) is 9.58 Å². The molecule has 1 N–H and O–H groups in total. The van der Waals surface area contributed by atoms with Crippen LogP contribution in [0.5, 0.6) is 0 Å². The lowest BCUT2D eigenvalue weighted by Crippen LogP contribution is -2.45. The average Bonchev–Trinajstić information content (AvgIpc) is 2.81. The van der Waals surface area contributed by atoms with E-state index in [1.807, 2.05) is 14.0 Å². The molecular formula is C20H29ClN4O. The molecule has 26 heavy (non-hydrogen) atoms. The summed E-state index contributed by atoms with van der Waals surface area (Å²) in [6, 6.07) is 8.65. The zero-order chi connectivity index (χ0) is 18.7. The molecule has 1 aromatic heterocycles. The number of rotatable bonds is 6. The Labute approximate surface area is 161 Å². The number of halogens is 1. The fourth-order valence-electron chi connectivity index (χ4n) is 3.74. The molecule has 0 spiro atoms. The molecule has 1 fully saturated rings. The van der Waals surface area contributed by atoms with E-state index in [1.54, 1.807) is 4.68 Å². The standard InChI is InChI=1S/C20H29ClN4O/c1-14-11-25(12-15(2)26-14)13-18-8-6-5-7-17(18)9-22-10-19-16(3)23-24(4)20(19)21/h5-8,14-15,22H,9-13H2,1-4H3/t14-,15-/m0/s1. The van der Waals surface area contributed by atoms with Crippen LogP contribution in [0.15, 0.2) is 24.3 Å². The van der Waals surface area contributed by atoms with E-state index in [1.165, 1.54) is 11.1 Å². The maximum Gasteiger partial charge on any atom is 0.131 e. The molecule has 3 rings (SSSR count). The van der Waals surface area contributed by atoms with Gasteiger partial charge in [0.2, 0.25) is 0 Å². The zero-order valence-corrected chi connectivity index (χ0v) is 16.9. The summed E-state index contributed by atoms with van der Waals surface area (Å²) in [5.41, 5.74) is 4.75. The number of hydrogen-bond acceptors (Lipinski definition) is 4. The normalized spacial score (nSPS) is 21.3. The van der Waals surface area contributed by atoms with E-state index in [2.05, 4.69) is 53.4 Å². The summed E-state index contributed by atoms with van der Waals surface area (Å²) >= 11 is 6.33. The van der Waals surface area contributed by atoms with Crippen molar-refractivity contribution in [3.05, 3.63) is 51.8 Å². The van der Waals surface area contributed by atoms with Crippen LogP contribution in [-0.4, -0.2) is 40.0 Å². The largest absolute Gasteiger partial charge is 0.373 e. The molecule has 0 radical (unpaired) electrons. The number of hydrogen-bond donors (Lipinski definition) is 1. The molecule has 0 saturated carbocycles. The number of nitrogens with one attached hydrogen (secondary N) is 1. The number of morpholine rings is 1. The third-order valence-corrected chi connectivity index (χ3v) is 5.37. The van der Waals surface area contributed by atoms with Crippen LogP contribution in [0.4, 0.5) is 0 Å². The first-order valence-corrected chi connectivity index (χ1v) is 9.65. The number of nitrogens with zero attached hydrogens (tertiary/aromatic N) is 3. The van der Waals surface area contributed by atoms with Gasteiger partial charge in [0.25, 0.3) is 0 Å². The first kappa shape index (κ1) is 19.4. The molecule has 0 amide bonds. The van der Waals surface area contributed by atoms with Crippen molar-refractivity contribution in [1.82, 2.24) is 20.0 Å². The summed E-state index contributed by atoms with van der Waals surface area (Å²) in [6.45, 7) is 10.8. The molecule has 0 unspecified atom stereocenters. The number of benzene rings is 1. The fourth-order valence-corrected chi connectivity index (χ4v) is 3.98. The van der Waals surface area contributed by atoms with E-state index < -0.39 is 0 Å². The topological polar surface area (TPSA) is 42.3 Å². The molecule has 6 heteroatoms. The fraction of sp³-hybridized carbons (Fsp3) is 0.550. The van der Waals surface area contributed by atoms with Crippen LogP contribution in [0, 0.1) is 6.92 Å². The van der Waals surface area contributed by atoms with Gasteiger partial charge in [-0.05, 0) is 31.9 Å². The first-order valence-electron chi connectivity index (χ1n) is 9.27. The van der Waals surface area contributed by atoms with Crippen LogP contribution in [0.1, 0.15) is 36.2 Å². The minimum absolute atomic E-state index is 0.291. The lowest BCUT2D eigenvalue weighted by Gasteiger charge is -2.35. The van der Waals surface area contributed by atoms with Crippen molar-refractivity contribution in [1.29, 1.82) is 0 Å². The molecule has 5 nitrogen and oxygen atoms in total. The van der Waals surface area contributed by atoms with Gasteiger partial charge in [-0.15, -0.1) is 0 Å². The van der Waals surface area contributed by atoms with E-state index in [0.717, 1.165) is 44.0 Å². The molecule has 1 saturated heterocycles. The Morgan fingerprint density at radius 2 is 1.81 bits per heavy atom. The summed E-state index contributed by atoms with van der Waals surface area (Å²) < 4.78 is 7.57. The predicted molar refractivity (Wildman–Crippen MR) is 105 cm³/mol. The van der Waals surface area contributed by atoms with Gasteiger partial charge in [0.15, 0.2) is 0 Å². The minimum Gasteiger partial charge on any atom is -0.373 e. The third kappa shape index (κ3) is 4.65. The maximum absolute atomic E-state index is 6.33. The highest BCUT2D eigenvalue weighted by molar-refractivity contribution is 6.30. The van der Waals surface area contributed by atoms with Crippen LogP contribution in [0.25, 0.3) is 0 Å². The van der Waals surface area contributed by atoms with Crippen molar-refractivity contribution in [3.63, 3.8) is 0 Å². The van der Waals surface area contributed by atoms with Gasteiger partial charge < -0.3 is 10.1 Å². The Bertz CT molecular complexity index is 735. The second-order valence-corrected chi connectivity index (χ2v) is 7.66. The zero-order valence-electron chi connectivity index (χ0n) is 16.1. The van der Waals surface area contributed by atoms with Gasteiger partial charge >= 0.3 is 0 Å². The molecular weight excluding hydrogens is 348 g/mol. The second-order valence-electron chi connectivity index (χ2n) is 7.30. The van der Waals surface area contributed by atoms with E-state index in [-0.39, 0.29) is 0 Å². The van der Waals surface area contributed by atoms with Crippen molar-refractivity contribution >= 4 is 11.6 Å². The van der Waals surface area contributed by atoms with Crippen molar-refractivity contribution in [3.8, 4) is 0 Å². The van der Waals surface area contributed by atoms with Crippen LogP contribution in [0.2, 0.25) is 5.15 Å². The van der Waals surface area contributed by atoms with Crippen LogP contribution >= 0.6 is 11.6 Å². The van der Waals surface area contributed by atoms with Crippen LogP contribution in [-0.2, 0) is 31.4 Å². The maximum atomic E-state index is 6.33. The van der Waals surface area contributed by atoms with Gasteiger partial charge in [0, 0.05) is 45.3 Å². The van der Waals surface area contributed by atoms with E-state index in [0.29, 0.717) is 17.4 Å². The van der Waals surface area contributed by atoms with E-state index >= 15 is 0 Å². The summed E-state index contributed by atoms with van der Waals surface area (Å²) in [5.74, 6) is 0. The molecule has 1 aromatic carbocycles. The predicted octanol–water partition coefficient (Wildman–Crippen LogP) is 3.28. The molecule has 142 valence electrons. The van der Waals surface area contributed by atoms with Crippen LogP contribution < -0.4 is 5.32 Å². The Kier molecular flexibility index (Phi) is 6.35. The van der Waals surface area contributed by atoms with Gasteiger partial charge in [-0.25, -0.2) is 0 Å². The van der Waals surface area contributed by atoms with Crippen molar-refractivity contribution in [2.24, 2.45) is 7.05 Å². The molecule has 1 aliphatic heterocycles. The quantitative estimate of drug-likeness (QED) is 0.840. The molecule has 2 atom stereocenters. The van der Waals surface area contributed by atoms with Crippen molar-refractivity contribution < 1.29 is 4.74 Å². The first-order chi connectivity index (χ1) is 12.4. The Morgan fingerprint density at radius 1 is 1.15 bits per heavy atom. The monoisotopic (exact) mass is 376 g/mol. The lowest BCUT2D eigenvalue weighted by atomic mass is 10.1. The summed E-state index contributed by atoms with van der Waals surface area (Å²) in [5, 5.41) is 8.61. The van der Waals surface area contributed by atoms with Crippen molar-refractivity contribution in [2.75, 3.05) is 13.1 Å². The van der Waals surface area contributed by atoms with Crippen molar-refractivity contribution in [2.45, 2.75) is 52.6 Å². The van der Waals surface area contributed by atoms with Crippen LogP contribution in [0.3, 0.4) is 0 Å². The summed E-state index contributed by atoms with van der Waals surface area (Å²) in [6.07, 6.45) is 0.583. The van der Waals surface area contributed by atoms with E-state index in [9.17, 15) is 0 Å². The van der Waals surface area contributed by atoms with E-state index in [4.69, 9.17) is 16.3 Å². The SMILES string of the molecule is Cc1nn(C)c(Cl)c1CNCc1ccccc1CN1C[C@H](C)O[C@@H](C)C1. The minimum atomic E-state index is 0.291. The highest BCUT2D eigenvalue weighted by Gasteiger charge is 2.22. The molecule has 0 aliphatic carbocycles. The van der Waals surface area contributed by atoms with Gasteiger partial charge in [0.1, 0.15) is 5.15 Å². The summed E-state index contributed by atoms with van der Waals surface area (Å²) in [4.78, 5) is 2.49. The third-order valence-electron chi connectivity index (χ3n) is 4.89. The highest BCUT2D eigenvalue weighted by atomic mass is 35.5. The number of aryl methyl sites for hydroxylation is 2. The second kappa shape index (κ2) is 8.53. The molecule has 0 bridgehead atoms. The highest BCUT2D eigenvalue weighted by Crippen LogP contribution is 2.19. The molecule has 1 aliphatic rings. The van der Waals surface area contributed by atoms with Gasteiger partial charge in [0.05, 0.1) is 17.9 Å². The smallest absolute Gasteiger partial charge is 0.131 e. The average molecular weight is 377 g/mol. The molecule has 2 heterocycles. The van der Waals surface area contributed by atoms with Gasteiger partial charge in [-0.2, -0.15) is 5.10 Å². The Balaban J connectivity index is 1.62. The molecule has 2 aromatic rings.